The van der Waals surface area contributed by atoms with Crippen molar-refractivity contribution in [2.45, 2.75) is 13.0 Å². The first-order valence-corrected chi connectivity index (χ1v) is 10.1. The van der Waals surface area contributed by atoms with Crippen molar-refractivity contribution >= 4 is 27.7 Å². The highest BCUT2D eigenvalue weighted by molar-refractivity contribution is 9.10. The third kappa shape index (κ3) is 5.64. The minimum Gasteiger partial charge on any atom is -0.493 e. The Bertz CT molecular complexity index is 887. The molecule has 0 heterocycles. The lowest BCUT2D eigenvalue weighted by atomic mass is 10.1. The molecule has 0 saturated heterocycles. The van der Waals surface area contributed by atoms with Gasteiger partial charge in [-0.1, -0.05) is 12.1 Å². The van der Waals surface area contributed by atoms with Crippen LogP contribution in [0.3, 0.4) is 0 Å². The van der Waals surface area contributed by atoms with Crippen molar-refractivity contribution in [2.75, 3.05) is 34.4 Å². The van der Waals surface area contributed by atoms with Crippen LogP contribution in [0.2, 0.25) is 0 Å². The number of methoxy groups -OCH3 is 3. The summed E-state index contributed by atoms with van der Waals surface area (Å²) in [6.07, 6.45) is 0.570. The summed E-state index contributed by atoms with van der Waals surface area (Å²) in [7, 11) is 4.46. The van der Waals surface area contributed by atoms with E-state index in [1.165, 1.54) is 21.3 Å². The van der Waals surface area contributed by atoms with Gasteiger partial charge in [-0.05, 0) is 46.1 Å². The Balaban J connectivity index is 1.89. The number of benzene rings is 2. The van der Waals surface area contributed by atoms with E-state index in [0.717, 1.165) is 5.56 Å². The van der Waals surface area contributed by atoms with Crippen LogP contribution >= 0.6 is 15.9 Å². The van der Waals surface area contributed by atoms with Crippen LogP contribution in [0.25, 0.3) is 0 Å². The monoisotopic (exact) mass is 479 g/mol. The van der Waals surface area contributed by atoms with Crippen LogP contribution in [-0.4, -0.2) is 46.2 Å². The summed E-state index contributed by atoms with van der Waals surface area (Å²) >= 11 is 3.39. The number of hydrogen-bond donors (Lipinski definition) is 3. The molecule has 8 nitrogen and oxygen atoms in total. The quantitative estimate of drug-likeness (QED) is 0.451. The summed E-state index contributed by atoms with van der Waals surface area (Å²) in [6.45, 7) is 1.24. The lowest BCUT2D eigenvalue weighted by Crippen LogP contribution is -2.30. The molecule has 2 aromatic carbocycles. The summed E-state index contributed by atoms with van der Waals surface area (Å²) in [4.78, 5) is 24.7. The molecule has 9 heteroatoms. The van der Waals surface area contributed by atoms with E-state index >= 15 is 0 Å². The van der Waals surface area contributed by atoms with Crippen LogP contribution in [0.5, 0.6) is 17.2 Å². The van der Waals surface area contributed by atoms with Gasteiger partial charge in [-0.3, -0.25) is 9.59 Å². The van der Waals surface area contributed by atoms with Crippen molar-refractivity contribution in [3.8, 4) is 17.2 Å². The number of ether oxygens (including phenoxy) is 3. The largest absolute Gasteiger partial charge is 0.493 e. The number of carbonyl (C=O) groups excluding carboxylic acids is 2. The summed E-state index contributed by atoms with van der Waals surface area (Å²) < 4.78 is 16.4. The van der Waals surface area contributed by atoms with Gasteiger partial charge in [0.1, 0.15) is 0 Å². The first-order chi connectivity index (χ1) is 14.5. The first-order valence-electron chi connectivity index (χ1n) is 9.30. The topological polar surface area (TPSA) is 112 Å². The molecule has 0 radical (unpaired) electrons. The maximum Gasteiger partial charge on any atom is 0.252 e. The lowest BCUT2D eigenvalue weighted by molar-refractivity contribution is 0.0950. The highest BCUT2D eigenvalue weighted by Gasteiger charge is 2.22. The van der Waals surface area contributed by atoms with Crippen molar-refractivity contribution < 1.29 is 23.8 Å². The van der Waals surface area contributed by atoms with Crippen LogP contribution in [0.4, 0.5) is 0 Å². The van der Waals surface area contributed by atoms with E-state index in [4.69, 9.17) is 19.9 Å². The molecule has 0 bridgehead atoms. The van der Waals surface area contributed by atoms with E-state index in [1.54, 1.807) is 18.2 Å². The number of rotatable bonds is 10. The van der Waals surface area contributed by atoms with Crippen LogP contribution in [0.15, 0.2) is 34.8 Å². The van der Waals surface area contributed by atoms with E-state index in [0.29, 0.717) is 58.9 Å². The Morgan fingerprint density at radius 3 is 2.07 bits per heavy atom. The van der Waals surface area contributed by atoms with E-state index in [-0.39, 0.29) is 11.8 Å². The van der Waals surface area contributed by atoms with Crippen LogP contribution < -0.4 is 30.6 Å². The van der Waals surface area contributed by atoms with E-state index in [1.807, 2.05) is 12.1 Å². The second kappa shape index (κ2) is 11.4. The van der Waals surface area contributed by atoms with Crippen molar-refractivity contribution in [3.05, 3.63) is 51.5 Å². The standard InChI is InChI=1S/C21H26BrN3O5/c1-28-16-11-15(17(22)19(30-3)18(16)29-2)21(27)25-10-4-9-24-20(26)14-7-5-13(12-23)6-8-14/h5-8,11H,4,9-10,12,23H2,1-3H3,(H,24,26)(H,25,27). The second-order valence-electron chi connectivity index (χ2n) is 6.27. The molecular formula is C21H26BrN3O5. The molecule has 0 spiro atoms. The van der Waals surface area contributed by atoms with Crippen molar-refractivity contribution in [1.29, 1.82) is 0 Å². The fraction of sp³-hybridized carbons (Fsp3) is 0.333. The van der Waals surface area contributed by atoms with Crippen LogP contribution in [0, 0.1) is 0 Å². The number of carbonyl (C=O) groups is 2. The molecule has 2 amide bonds. The Labute approximate surface area is 184 Å². The predicted octanol–water partition coefficient (Wildman–Crippen LogP) is 2.48. The summed E-state index contributed by atoms with van der Waals surface area (Å²) in [6, 6.07) is 8.70. The molecule has 0 atom stereocenters. The van der Waals surface area contributed by atoms with Crippen LogP contribution in [0.1, 0.15) is 32.7 Å². The van der Waals surface area contributed by atoms with Gasteiger partial charge in [0.15, 0.2) is 11.5 Å². The summed E-state index contributed by atoms with van der Waals surface area (Å²) in [5.74, 6) is 0.679. The molecule has 162 valence electrons. The smallest absolute Gasteiger partial charge is 0.252 e. The van der Waals surface area contributed by atoms with Gasteiger partial charge in [0.25, 0.3) is 11.8 Å². The SMILES string of the molecule is COc1cc(C(=O)NCCCNC(=O)c2ccc(CN)cc2)c(Br)c(OC)c1OC. The number of amides is 2. The highest BCUT2D eigenvalue weighted by atomic mass is 79.9. The highest BCUT2D eigenvalue weighted by Crippen LogP contribution is 2.44. The van der Waals surface area contributed by atoms with E-state index < -0.39 is 0 Å². The fourth-order valence-corrected chi connectivity index (χ4v) is 3.40. The number of halogens is 1. The molecule has 0 aliphatic rings. The maximum absolute atomic E-state index is 12.6. The predicted molar refractivity (Wildman–Crippen MR) is 117 cm³/mol. The average molecular weight is 480 g/mol. The first kappa shape index (κ1) is 23.5. The summed E-state index contributed by atoms with van der Waals surface area (Å²) in [5, 5.41) is 5.65. The number of hydrogen-bond acceptors (Lipinski definition) is 6. The number of nitrogens with one attached hydrogen (secondary N) is 2. The minimum absolute atomic E-state index is 0.169. The molecule has 30 heavy (non-hydrogen) atoms. The molecule has 4 N–H and O–H groups in total. The average Bonchev–Trinajstić information content (AvgIpc) is 2.77. The molecule has 0 fully saturated rings. The van der Waals surface area contributed by atoms with Gasteiger partial charge in [-0.15, -0.1) is 0 Å². The molecule has 2 rings (SSSR count). The molecule has 0 unspecified atom stereocenters. The minimum atomic E-state index is -0.301. The zero-order chi connectivity index (χ0) is 22.1. The van der Waals surface area contributed by atoms with Gasteiger partial charge in [-0.25, -0.2) is 0 Å². The van der Waals surface area contributed by atoms with Crippen molar-refractivity contribution in [1.82, 2.24) is 10.6 Å². The van der Waals surface area contributed by atoms with Crippen LogP contribution in [-0.2, 0) is 6.54 Å². The zero-order valence-corrected chi connectivity index (χ0v) is 18.8. The van der Waals surface area contributed by atoms with Gasteiger partial charge >= 0.3 is 0 Å². The molecule has 0 aromatic heterocycles. The Kier molecular flexibility index (Phi) is 8.94. The summed E-state index contributed by atoms with van der Waals surface area (Å²) in [5.41, 5.74) is 7.44. The molecule has 0 aliphatic heterocycles. The van der Waals surface area contributed by atoms with Gasteiger partial charge < -0.3 is 30.6 Å². The Hall–Kier alpha value is -2.78. The number of nitrogens with two attached hydrogens (primary N) is 1. The van der Waals surface area contributed by atoms with Gasteiger partial charge in [0.2, 0.25) is 5.75 Å². The Morgan fingerprint density at radius 1 is 0.933 bits per heavy atom. The molecule has 2 aromatic rings. The third-order valence-electron chi connectivity index (χ3n) is 4.39. The fourth-order valence-electron chi connectivity index (χ4n) is 2.77. The second-order valence-corrected chi connectivity index (χ2v) is 7.07. The normalized spacial score (nSPS) is 10.3. The lowest BCUT2D eigenvalue weighted by Gasteiger charge is -2.16. The van der Waals surface area contributed by atoms with Crippen molar-refractivity contribution in [3.63, 3.8) is 0 Å². The van der Waals surface area contributed by atoms with Gasteiger partial charge in [0, 0.05) is 25.2 Å². The van der Waals surface area contributed by atoms with Gasteiger partial charge in [0.05, 0.1) is 31.4 Å². The molecule has 0 saturated carbocycles. The third-order valence-corrected chi connectivity index (χ3v) is 5.18. The zero-order valence-electron chi connectivity index (χ0n) is 17.2. The van der Waals surface area contributed by atoms with Gasteiger partial charge in [-0.2, -0.15) is 0 Å². The van der Waals surface area contributed by atoms with Crippen molar-refractivity contribution in [2.24, 2.45) is 5.73 Å². The van der Waals surface area contributed by atoms with E-state index in [2.05, 4.69) is 26.6 Å². The maximum atomic E-state index is 12.6. The molecule has 0 aliphatic carbocycles. The Morgan fingerprint density at radius 2 is 1.53 bits per heavy atom. The molecular weight excluding hydrogens is 454 g/mol. The van der Waals surface area contributed by atoms with E-state index in [9.17, 15) is 9.59 Å².